The molecule has 3 amide bonds. The first-order chi connectivity index (χ1) is 12.7. The zero-order valence-electron chi connectivity index (χ0n) is 14.7. The second-order valence-corrected chi connectivity index (χ2v) is 7.86. The molecule has 1 fully saturated rings. The van der Waals surface area contributed by atoms with Crippen LogP contribution in [0.3, 0.4) is 0 Å². The number of thiophene rings is 1. The molecule has 1 unspecified atom stereocenters. The van der Waals surface area contributed by atoms with Gasteiger partial charge in [-0.15, -0.1) is 11.3 Å². The summed E-state index contributed by atoms with van der Waals surface area (Å²) in [5.41, 5.74) is 2.29. The molecule has 5 nitrogen and oxygen atoms in total. The molecule has 0 aliphatic carbocycles. The van der Waals surface area contributed by atoms with Gasteiger partial charge in [0.15, 0.2) is 0 Å². The number of likely N-dealkylation sites (tertiary alicyclic amines) is 1. The van der Waals surface area contributed by atoms with Gasteiger partial charge < -0.3 is 9.80 Å². The summed E-state index contributed by atoms with van der Waals surface area (Å²) in [5, 5.41) is 5.70. The Morgan fingerprint density at radius 2 is 1.96 bits per heavy atom. The summed E-state index contributed by atoms with van der Waals surface area (Å²) in [4.78, 5) is 29.4. The first-order valence-electron chi connectivity index (χ1n) is 9.21. The Morgan fingerprint density at radius 1 is 1.08 bits per heavy atom. The van der Waals surface area contributed by atoms with Gasteiger partial charge in [-0.2, -0.15) is 0 Å². The molecule has 0 saturated carbocycles. The molecule has 2 aromatic rings. The van der Waals surface area contributed by atoms with Crippen LogP contribution in [-0.4, -0.2) is 36.5 Å². The van der Waals surface area contributed by atoms with Crippen molar-refractivity contribution in [1.82, 2.24) is 4.90 Å². The highest BCUT2D eigenvalue weighted by molar-refractivity contribution is 7.14. The van der Waals surface area contributed by atoms with Crippen molar-refractivity contribution in [1.29, 1.82) is 0 Å². The molecule has 3 heterocycles. The zero-order chi connectivity index (χ0) is 17.9. The third kappa shape index (κ3) is 3.46. The van der Waals surface area contributed by atoms with Gasteiger partial charge in [0.2, 0.25) is 5.91 Å². The lowest BCUT2D eigenvalue weighted by Crippen LogP contribution is -2.49. The van der Waals surface area contributed by atoms with E-state index in [1.165, 1.54) is 16.9 Å². The molecular formula is C20H23N3O2S. The number of carbonyl (C=O) groups excluding carboxylic acids is 2. The van der Waals surface area contributed by atoms with Crippen LogP contribution in [0.5, 0.6) is 0 Å². The molecule has 6 heteroatoms. The third-order valence-electron chi connectivity index (χ3n) is 5.19. The van der Waals surface area contributed by atoms with Crippen LogP contribution in [0.4, 0.5) is 15.5 Å². The number of para-hydroxylation sites is 1. The number of amides is 3. The maximum atomic E-state index is 13.2. The van der Waals surface area contributed by atoms with E-state index in [9.17, 15) is 9.59 Å². The number of urea groups is 1. The highest BCUT2D eigenvalue weighted by atomic mass is 32.1. The molecule has 2 aliphatic heterocycles. The van der Waals surface area contributed by atoms with Crippen LogP contribution in [-0.2, 0) is 11.2 Å². The van der Waals surface area contributed by atoms with Gasteiger partial charge in [0.05, 0.1) is 10.9 Å². The number of hydrogen-bond donors (Lipinski definition) is 1. The SMILES string of the molecule is O=C(Nc1cccs1)N1CCCC(C(=O)N2CCCc3ccccc32)C1. The monoisotopic (exact) mass is 369 g/mol. The summed E-state index contributed by atoms with van der Waals surface area (Å²) in [6, 6.07) is 11.9. The number of nitrogens with zero attached hydrogens (tertiary/aromatic N) is 2. The Kier molecular flexibility index (Phi) is 4.93. The number of benzene rings is 1. The van der Waals surface area contributed by atoms with E-state index in [0.29, 0.717) is 13.1 Å². The molecule has 136 valence electrons. The average Bonchev–Trinajstić information content (AvgIpc) is 3.20. The largest absolute Gasteiger partial charge is 0.324 e. The molecule has 0 spiro atoms. The van der Waals surface area contributed by atoms with Crippen LogP contribution >= 0.6 is 11.3 Å². The molecule has 1 N–H and O–H groups in total. The molecule has 0 bridgehead atoms. The minimum atomic E-state index is -0.121. The molecule has 1 aromatic heterocycles. The predicted molar refractivity (Wildman–Crippen MR) is 105 cm³/mol. The lowest BCUT2D eigenvalue weighted by molar-refractivity contribution is -0.123. The summed E-state index contributed by atoms with van der Waals surface area (Å²) in [5.74, 6) is 0.0368. The van der Waals surface area contributed by atoms with Gasteiger partial charge in [0.1, 0.15) is 0 Å². The lowest BCUT2D eigenvalue weighted by atomic mass is 9.94. The fraction of sp³-hybridized carbons (Fsp3) is 0.400. The van der Waals surface area contributed by atoms with Gasteiger partial charge in [0, 0.05) is 25.3 Å². The highest BCUT2D eigenvalue weighted by Crippen LogP contribution is 2.30. The van der Waals surface area contributed by atoms with E-state index in [-0.39, 0.29) is 17.9 Å². The first-order valence-corrected chi connectivity index (χ1v) is 10.1. The second-order valence-electron chi connectivity index (χ2n) is 6.91. The van der Waals surface area contributed by atoms with Crippen LogP contribution in [0.15, 0.2) is 41.8 Å². The van der Waals surface area contributed by atoms with E-state index in [4.69, 9.17) is 0 Å². The topological polar surface area (TPSA) is 52.7 Å². The van der Waals surface area contributed by atoms with Gasteiger partial charge in [-0.05, 0) is 54.8 Å². The number of carbonyl (C=O) groups is 2. The van der Waals surface area contributed by atoms with E-state index in [1.807, 2.05) is 40.6 Å². The molecule has 1 atom stereocenters. The maximum Gasteiger partial charge on any atom is 0.322 e. The Balaban J connectivity index is 1.44. The van der Waals surface area contributed by atoms with Crippen LogP contribution in [0.2, 0.25) is 0 Å². The van der Waals surface area contributed by atoms with Gasteiger partial charge in [-0.25, -0.2) is 4.79 Å². The summed E-state index contributed by atoms with van der Waals surface area (Å²) < 4.78 is 0. The maximum absolute atomic E-state index is 13.2. The minimum absolute atomic E-state index is 0.107. The summed E-state index contributed by atoms with van der Waals surface area (Å²) in [7, 11) is 0. The zero-order valence-corrected chi connectivity index (χ0v) is 15.5. The van der Waals surface area contributed by atoms with Gasteiger partial charge in [0.25, 0.3) is 0 Å². The fourth-order valence-electron chi connectivity index (χ4n) is 3.88. The Bertz CT molecular complexity index is 790. The van der Waals surface area contributed by atoms with Crippen molar-refractivity contribution in [2.24, 2.45) is 5.92 Å². The number of hydrogen-bond acceptors (Lipinski definition) is 3. The van der Waals surface area contributed by atoms with Gasteiger partial charge in [-0.3, -0.25) is 10.1 Å². The number of piperidine rings is 1. The van der Waals surface area contributed by atoms with Crippen LogP contribution in [0.1, 0.15) is 24.8 Å². The minimum Gasteiger partial charge on any atom is -0.324 e. The number of nitrogens with one attached hydrogen (secondary N) is 1. The van der Waals surface area contributed by atoms with Crippen LogP contribution < -0.4 is 10.2 Å². The number of aryl methyl sites for hydroxylation is 1. The summed E-state index contributed by atoms with van der Waals surface area (Å²) >= 11 is 1.50. The number of fused-ring (bicyclic) bond motifs is 1. The summed E-state index contributed by atoms with van der Waals surface area (Å²) in [6.45, 7) is 1.97. The Morgan fingerprint density at radius 3 is 2.81 bits per heavy atom. The number of rotatable bonds is 2. The second kappa shape index (κ2) is 7.50. The first kappa shape index (κ1) is 17.1. The standard InChI is InChI=1S/C20H23N3O2S/c24-19(23-12-4-7-15-6-1-2-9-17(15)23)16-8-3-11-22(14-16)20(25)21-18-10-5-13-26-18/h1-2,5-6,9-10,13,16H,3-4,7-8,11-12,14H2,(H,21,25). The Hall–Kier alpha value is -2.34. The van der Waals surface area contributed by atoms with E-state index >= 15 is 0 Å². The molecule has 2 aliphatic rings. The van der Waals surface area contributed by atoms with E-state index in [2.05, 4.69) is 11.4 Å². The van der Waals surface area contributed by atoms with Crippen molar-refractivity contribution < 1.29 is 9.59 Å². The van der Waals surface area contributed by atoms with Crippen molar-refractivity contribution >= 4 is 34.0 Å². The van der Waals surface area contributed by atoms with E-state index in [0.717, 1.165) is 42.9 Å². The third-order valence-corrected chi connectivity index (χ3v) is 5.97. The Labute approximate surface area is 157 Å². The fourth-order valence-corrected chi connectivity index (χ4v) is 4.49. The van der Waals surface area contributed by atoms with Crippen molar-refractivity contribution in [2.75, 3.05) is 29.9 Å². The average molecular weight is 369 g/mol. The molecule has 26 heavy (non-hydrogen) atoms. The quantitative estimate of drug-likeness (QED) is 0.871. The summed E-state index contributed by atoms with van der Waals surface area (Å²) in [6.07, 6.45) is 3.74. The van der Waals surface area contributed by atoms with Crippen molar-refractivity contribution in [2.45, 2.75) is 25.7 Å². The lowest BCUT2D eigenvalue weighted by Gasteiger charge is -2.37. The normalized spacial score (nSPS) is 19.8. The molecule has 4 rings (SSSR count). The smallest absolute Gasteiger partial charge is 0.322 e. The van der Waals surface area contributed by atoms with Crippen LogP contribution in [0, 0.1) is 5.92 Å². The molecule has 0 radical (unpaired) electrons. The van der Waals surface area contributed by atoms with Crippen molar-refractivity contribution in [3.05, 3.63) is 47.3 Å². The number of anilines is 2. The van der Waals surface area contributed by atoms with Gasteiger partial charge >= 0.3 is 6.03 Å². The van der Waals surface area contributed by atoms with E-state index in [1.54, 1.807) is 4.90 Å². The molecular weight excluding hydrogens is 346 g/mol. The molecule has 1 saturated heterocycles. The van der Waals surface area contributed by atoms with E-state index < -0.39 is 0 Å². The van der Waals surface area contributed by atoms with Crippen molar-refractivity contribution in [3.63, 3.8) is 0 Å². The predicted octanol–water partition coefficient (Wildman–Crippen LogP) is 3.97. The van der Waals surface area contributed by atoms with Gasteiger partial charge in [-0.1, -0.05) is 18.2 Å². The van der Waals surface area contributed by atoms with Crippen molar-refractivity contribution in [3.8, 4) is 0 Å². The van der Waals surface area contributed by atoms with Crippen LogP contribution in [0.25, 0.3) is 0 Å². The highest BCUT2D eigenvalue weighted by Gasteiger charge is 2.33. The molecule has 1 aromatic carbocycles.